The highest BCUT2D eigenvalue weighted by atomic mass is 16.3. The van der Waals surface area contributed by atoms with Gasteiger partial charge < -0.3 is 10.1 Å². The predicted octanol–water partition coefficient (Wildman–Crippen LogP) is 3.44. The van der Waals surface area contributed by atoms with Crippen LogP contribution in [0.3, 0.4) is 0 Å². The Morgan fingerprint density at radius 1 is 1.24 bits per heavy atom. The molecule has 2 N–H and O–H groups in total. The number of allylic oxidation sites excluding steroid dienone is 1. The fraction of sp³-hybridized carbons (Fsp3) is 0.200. The van der Waals surface area contributed by atoms with E-state index in [1.807, 2.05) is 62.5 Å². The van der Waals surface area contributed by atoms with Crippen molar-refractivity contribution >= 4 is 6.08 Å². The Hall–Kier alpha value is -1.80. The molecule has 17 heavy (non-hydrogen) atoms. The smallest absolute Gasteiger partial charge is 0.106 e. The summed E-state index contributed by atoms with van der Waals surface area (Å²) in [6.45, 7) is 4.00. The summed E-state index contributed by atoms with van der Waals surface area (Å²) >= 11 is 0. The number of aliphatic hydroxyl groups is 1. The van der Waals surface area contributed by atoms with Gasteiger partial charge in [-0.05, 0) is 31.1 Å². The largest absolute Gasteiger partial charge is 0.384 e. The average Bonchev–Trinajstić information content (AvgIpc) is 2.72. The molecule has 0 bridgehead atoms. The number of rotatable bonds is 3. The summed E-state index contributed by atoms with van der Waals surface area (Å²) in [5.41, 5.74) is 4.00. The molecule has 1 aromatic carbocycles. The average molecular weight is 227 g/mol. The minimum Gasteiger partial charge on any atom is -0.384 e. The van der Waals surface area contributed by atoms with E-state index in [0.29, 0.717) is 0 Å². The fourth-order valence-corrected chi connectivity index (χ4v) is 1.97. The van der Waals surface area contributed by atoms with Crippen LogP contribution in [0.1, 0.15) is 35.4 Å². The quantitative estimate of drug-likeness (QED) is 0.828. The van der Waals surface area contributed by atoms with Gasteiger partial charge in [0.15, 0.2) is 0 Å². The van der Waals surface area contributed by atoms with Crippen LogP contribution in [0.15, 0.2) is 42.6 Å². The number of aromatic amines is 1. The van der Waals surface area contributed by atoms with E-state index < -0.39 is 6.10 Å². The maximum Gasteiger partial charge on any atom is 0.106 e. The summed E-state index contributed by atoms with van der Waals surface area (Å²) in [6, 6.07) is 9.70. The van der Waals surface area contributed by atoms with Crippen LogP contribution in [0.5, 0.6) is 0 Å². The van der Waals surface area contributed by atoms with Gasteiger partial charge in [0.1, 0.15) is 6.10 Å². The van der Waals surface area contributed by atoms with Crippen LogP contribution in [0.4, 0.5) is 0 Å². The zero-order chi connectivity index (χ0) is 12.3. The van der Waals surface area contributed by atoms with E-state index in [9.17, 15) is 5.11 Å². The van der Waals surface area contributed by atoms with Gasteiger partial charge in [0, 0.05) is 17.5 Å². The van der Waals surface area contributed by atoms with Crippen molar-refractivity contribution in [1.29, 1.82) is 0 Å². The molecular weight excluding hydrogens is 210 g/mol. The van der Waals surface area contributed by atoms with Crippen molar-refractivity contribution in [2.75, 3.05) is 0 Å². The van der Waals surface area contributed by atoms with Crippen molar-refractivity contribution in [3.8, 4) is 0 Å². The second kappa shape index (κ2) is 5.02. The lowest BCUT2D eigenvalue weighted by Crippen LogP contribution is -1.99. The molecule has 2 rings (SSSR count). The highest BCUT2D eigenvalue weighted by Gasteiger charge is 2.15. The molecule has 1 atom stereocenters. The molecule has 88 valence electrons. The molecule has 0 amide bonds. The number of aliphatic hydroxyl groups excluding tert-OH is 1. The molecular formula is C15H17NO. The van der Waals surface area contributed by atoms with Crippen LogP contribution in [0, 0.1) is 6.92 Å². The number of hydrogen-bond donors (Lipinski definition) is 2. The van der Waals surface area contributed by atoms with Gasteiger partial charge in [0.05, 0.1) is 0 Å². The Morgan fingerprint density at radius 2 is 1.94 bits per heavy atom. The monoisotopic (exact) mass is 227 g/mol. The molecule has 0 aliphatic rings. The Kier molecular flexibility index (Phi) is 3.45. The first kappa shape index (κ1) is 11.7. The van der Waals surface area contributed by atoms with Crippen molar-refractivity contribution in [3.05, 3.63) is 65.0 Å². The first-order chi connectivity index (χ1) is 8.24. The van der Waals surface area contributed by atoms with Gasteiger partial charge in [-0.15, -0.1) is 0 Å². The summed E-state index contributed by atoms with van der Waals surface area (Å²) in [4.78, 5) is 3.18. The molecule has 0 saturated heterocycles. The lowest BCUT2D eigenvalue weighted by molar-refractivity contribution is 0.220. The molecule has 2 aromatic rings. The van der Waals surface area contributed by atoms with Crippen LogP contribution in [0.25, 0.3) is 6.08 Å². The summed E-state index contributed by atoms with van der Waals surface area (Å²) < 4.78 is 0. The molecule has 0 spiro atoms. The summed E-state index contributed by atoms with van der Waals surface area (Å²) in [5.74, 6) is 0. The Bertz CT molecular complexity index is 511. The van der Waals surface area contributed by atoms with E-state index in [1.54, 1.807) is 0 Å². The van der Waals surface area contributed by atoms with Gasteiger partial charge in [-0.1, -0.05) is 36.4 Å². The zero-order valence-corrected chi connectivity index (χ0v) is 10.1. The van der Waals surface area contributed by atoms with Gasteiger partial charge >= 0.3 is 0 Å². The number of benzene rings is 1. The first-order valence-corrected chi connectivity index (χ1v) is 5.77. The maximum atomic E-state index is 10.3. The van der Waals surface area contributed by atoms with E-state index in [-0.39, 0.29) is 0 Å². The molecule has 2 nitrogen and oxygen atoms in total. The van der Waals surface area contributed by atoms with Gasteiger partial charge in [-0.2, -0.15) is 0 Å². The van der Waals surface area contributed by atoms with Gasteiger partial charge in [-0.25, -0.2) is 0 Å². The van der Waals surface area contributed by atoms with E-state index in [0.717, 1.165) is 22.4 Å². The second-order valence-electron chi connectivity index (χ2n) is 4.10. The van der Waals surface area contributed by atoms with Gasteiger partial charge in [-0.3, -0.25) is 0 Å². The van der Waals surface area contributed by atoms with Crippen LogP contribution < -0.4 is 0 Å². The SMILES string of the molecule is C/C=C\c1[nH]cc(C(O)c2ccccc2)c1C. The summed E-state index contributed by atoms with van der Waals surface area (Å²) in [6.07, 6.45) is 5.31. The number of hydrogen-bond acceptors (Lipinski definition) is 1. The van der Waals surface area contributed by atoms with E-state index in [4.69, 9.17) is 0 Å². The number of aromatic nitrogens is 1. The predicted molar refractivity (Wildman–Crippen MR) is 70.7 cm³/mol. The van der Waals surface area contributed by atoms with Crippen molar-refractivity contribution in [1.82, 2.24) is 4.98 Å². The summed E-state index contributed by atoms with van der Waals surface area (Å²) in [7, 11) is 0. The topological polar surface area (TPSA) is 36.0 Å². The summed E-state index contributed by atoms with van der Waals surface area (Å²) in [5, 5.41) is 10.3. The zero-order valence-electron chi connectivity index (χ0n) is 10.1. The van der Waals surface area contributed by atoms with Crippen molar-refractivity contribution < 1.29 is 5.11 Å². The molecule has 1 aromatic heterocycles. The van der Waals surface area contributed by atoms with Crippen LogP contribution >= 0.6 is 0 Å². The Labute approximate surface area is 102 Å². The van der Waals surface area contributed by atoms with E-state index >= 15 is 0 Å². The highest BCUT2D eigenvalue weighted by molar-refractivity contribution is 5.53. The molecule has 1 unspecified atom stereocenters. The van der Waals surface area contributed by atoms with E-state index in [1.165, 1.54) is 0 Å². The lowest BCUT2D eigenvalue weighted by atomic mass is 10.0. The van der Waals surface area contributed by atoms with Gasteiger partial charge in [0.25, 0.3) is 0 Å². The fourth-order valence-electron chi connectivity index (χ4n) is 1.97. The first-order valence-electron chi connectivity index (χ1n) is 5.77. The molecule has 0 saturated carbocycles. The minimum atomic E-state index is -0.563. The molecule has 1 heterocycles. The third-order valence-electron chi connectivity index (χ3n) is 2.96. The van der Waals surface area contributed by atoms with Crippen molar-refractivity contribution in [2.45, 2.75) is 20.0 Å². The third kappa shape index (κ3) is 2.32. The Balaban J connectivity index is 2.35. The number of H-pyrrole nitrogens is 1. The molecule has 0 aliphatic carbocycles. The van der Waals surface area contributed by atoms with Gasteiger partial charge in [0.2, 0.25) is 0 Å². The molecule has 0 fully saturated rings. The van der Waals surface area contributed by atoms with Crippen LogP contribution in [-0.2, 0) is 0 Å². The second-order valence-corrected chi connectivity index (χ2v) is 4.10. The van der Waals surface area contributed by atoms with Crippen molar-refractivity contribution in [2.24, 2.45) is 0 Å². The van der Waals surface area contributed by atoms with Crippen LogP contribution in [-0.4, -0.2) is 10.1 Å². The third-order valence-corrected chi connectivity index (χ3v) is 2.96. The highest BCUT2D eigenvalue weighted by Crippen LogP contribution is 2.26. The Morgan fingerprint density at radius 3 is 2.59 bits per heavy atom. The number of nitrogens with one attached hydrogen (secondary N) is 1. The normalized spacial score (nSPS) is 13.1. The molecule has 2 heteroatoms. The lowest BCUT2D eigenvalue weighted by Gasteiger charge is -2.10. The van der Waals surface area contributed by atoms with E-state index in [2.05, 4.69) is 4.98 Å². The van der Waals surface area contributed by atoms with Crippen LogP contribution in [0.2, 0.25) is 0 Å². The standard InChI is InChI=1S/C15H17NO/c1-3-7-14-11(2)13(10-16-14)15(17)12-8-5-4-6-9-12/h3-10,15-17H,1-2H3/b7-3-. The maximum absolute atomic E-state index is 10.3. The minimum absolute atomic E-state index is 0.563. The molecule has 0 radical (unpaired) electrons. The molecule has 0 aliphatic heterocycles. The van der Waals surface area contributed by atoms with Crippen molar-refractivity contribution in [3.63, 3.8) is 0 Å².